The van der Waals surface area contributed by atoms with Crippen molar-refractivity contribution in [2.45, 2.75) is 67.8 Å². The molecule has 1 saturated carbocycles. The number of esters is 2. The predicted octanol–water partition coefficient (Wildman–Crippen LogP) is 3.66. The van der Waals surface area contributed by atoms with E-state index in [0.29, 0.717) is 25.0 Å². The molecular weight excluding hydrogens is 587 g/mol. The molecule has 0 amide bonds. The van der Waals surface area contributed by atoms with Gasteiger partial charge in [0, 0.05) is 33.4 Å². The van der Waals surface area contributed by atoms with Crippen molar-refractivity contribution in [1.82, 2.24) is 19.7 Å². The molecule has 4 heterocycles. The maximum absolute atomic E-state index is 12.8. The Morgan fingerprint density at radius 2 is 2.00 bits per heavy atom. The average Bonchev–Trinajstić information content (AvgIpc) is 3.60. The van der Waals surface area contributed by atoms with Crippen molar-refractivity contribution >= 4 is 57.8 Å². The third-order valence-electron chi connectivity index (χ3n) is 7.16. The minimum atomic E-state index is -0.875. The fourth-order valence-electron chi connectivity index (χ4n) is 5.27. The lowest BCUT2D eigenvalue weighted by molar-refractivity contribution is -0.159. The zero-order valence-electron chi connectivity index (χ0n) is 21.1. The lowest BCUT2D eigenvalue weighted by atomic mass is 9.69. The average molecular weight is 614 g/mol. The van der Waals surface area contributed by atoms with Crippen LogP contribution in [0.25, 0.3) is 10.6 Å². The standard InChI is InChI=1S/C25H26Cl2N4O6S2/c1-25(2,20-13(26)8-12(9-14(20)27)31-24(35)29-18(32)11-28-31)23-30-21(16-4-3-7-38-16)17(39-23)10-19(33)37-15-5-6-36-22(15)34/h3-4,7,11-15,20H,5-6,8-10H2,1-2H3,(H,29,32,35). The number of alkyl halides is 2. The summed E-state index contributed by atoms with van der Waals surface area (Å²) in [7, 11) is 0. The molecule has 3 aromatic rings. The molecule has 1 N–H and O–H groups in total. The number of nitrogens with one attached hydrogen (secondary N) is 1. The number of hydrogen-bond donors (Lipinski definition) is 1. The second-order valence-corrected chi connectivity index (χ2v) is 13.3. The molecule has 10 nitrogen and oxygen atoms in total. The fraction of sp³-hybridized carbons (Fsp3) is 0.520. The Morgan fingerprint density at radius 1 is 1.26 bits per heavy atom. The first-order valence-corrected chi connectivity index (χ1v) is 15.0. The van der Waals surface area contributed by atoms with Gasteiger partial charge in [-0.05, 0) is 24.3 Å². The number of thiazole rings is 1. The molecular formula is C25H26Cl2N4O6S2. The monoisotopic (exact) mass is 612 g/mol. The van der Waals surface area contributed by atoms with Gasteiger partial charge in [0.1, 0.15) is 6.20 Å². The Kier molecular flexibility index (Phi) is 8.01. The summed E-state index contributed by atoms with van der Waals surface area (Å²) < 4.78 is 11.5. The zero-order chi connectivity index (χ0) is 27.9. The molecule has 1 aliphatic heterocycles. The summed E-state index contributed by atoms with van der Waals surface area (Å²) in [5, 5.41) is 5.86. The number of hydrogen-bond acceptors (Lipinski definition) is 10. The van der Waals surface area contributed by atoms with Crippen LogP contribution in [-0.4, -0.2) is 55.2 Å². The zero-order valence-corrected chi connectivity index (χ0v) is 24.2. The van der Waals surface area contributed by atoms with E-state index >= 15 is 0 Å². The van der Waals surface area contributed by atoms with Gasteiger partial charge in [-0.15, -0.1) is 45.9 Å². The van der Waals surface area contributed by atoms with E-state index in [2.05, 4.69) is 10.1 Å². The molecule has 1 aliphatic carbocycles. The van der Waals surface area contributed by atoms with Gasteiger partial charge in [-0.25, -0.2) is 19.3 Å². The van der Waals surface area contributed by atoms with Crippen molar-refractivity contribution in [3.63, 3.8) is 0 Å². The van der Waals surface area contributed by atoms with E-state index in [1.54, 1.807) is 0 Å². The summed E-state index contributed by atoms with van der Waals surface area (Å²) >= 11 is 16.8. The normalized spacial score (nSPS) is 25.4. The predicted molar refractivity (Wildman–Crippen MR) is 148 cm³/mol. The van der Waals surface area contributed by atoms with E-state index in [0.717, 1.165) is 21.0 Å². The van der Waals surface area contributed by atoms with E-state index < -0.39 is 45.5 Å². The molecule has 2 aliphatic rings. The van der Waals surface area contributed by atoms with Gasteiger partial charge in [0.15, 0.2) is 0 Å². The number of halogens is 2. The summed E-state index contributed by atoms with van der Waals surface area (Å²) in [6.07, 6.45) is 1.36. The molecule has 0 aromatic carbocycles. The Morgan fingerprint density at radius 3 is 2.62 bits per heavy atom. The lowest BCUT2D eigenvalue weighted by Gasteiger charge is -2.44. The molecule has 5 rings (SSSR count). The highest BCUT2D eigenvalue weighted by Crippen LogP contribution is 2.49. The molecule has 208 valence electrons. The van der Waals surface area contributed by atoms with Crippen LogP contribution in [-0.2, 0) is 30.9 Å². The van der Waals surface area contributed by atoms with Gasteiger partial charge in [-0.1, -0.05) is 19.9 Å². The molecule has 3 aromatic heterocycles. The van der Waals surface area contributed by atoms with E-state index in [1.165, 1.54) is 27.4 Å². The van der Waals surface area contributed by atoms with Crippen LogP contribution in [0.15, 0.2) is 33.3 Å². The van der Waals surface area contributed by atoms with Gasteiger partial charge in [-0.2, -0.15) is 5.10 Å². The second-order valence-electron chi connectivity index (χ2n) is 10.2. The van der Waals surface area contributed by atoms with Gasteiger partial charge in [0.25, 0.3) is 5.56 Å². The minimum absolute atomic E-state index is 0.0348. The van der Waals surface area contributed by atoms with Crippen LogP contribution in [0, 0.1) is 5.92 Å². The van der Waals surface area contributed by atoms with E-state index in [9.17, 15) is 19.2 Å². The van der Waals surface area contributed by atoms with Crippen LogP contribution in [0.1, 0.15) is 49.0 Å². The second kappa shape index (κ2) is 11.1. The van der Waals surface area contributed by atoms with E-state index in [4.69, 9.17) is 37.7 Å². The Hall–Kier alpha value is -2.54. The molecule has 14 heteroatoms. The number of ether oxygens (including phenoxy) is 2. The van der Waals surface area contributed by atoms with Gasteiger partial charge >= 0.3 is 17.6 Å². The molecule has 3 atom stereocenters. The first kappa shape index (κ1) is 28.0. The third-order valence-corrected chi connectivity index (χ3v) is 10.3. The van der Waals surface area contributed by atoms with E-state index in [-0.39, 0.29) is 25.0 Å². The van der Waals surface area contributed by atoms with Crippen molar-refractivity contribution < 1.29 is 19.1 Å². The molecule has 1 saturated heterocycles. The van der Waals surface area contributed by atoms with Crippen molar-refractivity contribution in [3.05, 3.63) is 54.4 Å². The molecule has 0 spiro atoms. The quantitative estimate of drug-likeness (QED) is 0.316. The van der Waals surface area contributed by atoms with Gasteiger partial charge in [0.2, 0.25) is 6.10 Å². The Labute approximate surface area is 241 Å². The minimum Gasteiger partial charge on any atom is -0.463 e. The summed E-state index contributed by atoms with van der Waals surface area (Å²) in [5.41, 5.74) is -1.05. The van der Waals surface area contributed by atoms with Crippen molar-refractivity contribution in [3.8, 4) is 10.6 Å². The number of rotatable bonds is 7. The van der Waals surface area contributed by atoms with Crippen LogP contribution < -0.4 is 11.2 Å². The third kappa shape index (κ3) is 5.70. The van der Waals surface area contributed by atoms with Crippen molar-refractivity contribution in [2.24, 2.45) is 5.92 Å². The van der Waals surface area contributed by atoms with Crippen LogP contribution in [0.3, 0.4) is 0 Å². The van der Waals surface area contributed by atoms with Gasteiger partial charge in [0.05, 0.1) is 34.6 Å². The number of aromatic amines is 1. The molecule has 39 heavy (non-hydrogen) atoms. The molecule has 0 bridgehead atoms. The smallest absolute Gasteiger partial charge is 0.347 e. The highest BCUT2D eigenvalue weighted by atomic mass is 35.5. The lowest BCUT2D eigenvalue weighted by Crippen LogP contribution is -2.48. The fourth-order valence-corrected chi connectivity index (χ4v) is 8.76. The highest BCUT2D eigenvalue weighted by Gasteiger charge is 2.48. The topological polar surface area (TPSA) is 133 Å². The number of carbonyl (C=O) groups is 2. The number of aromatic nitrogens is 4. The molecule has 3 unspecified atom stereocenters. The number of H-pyrrole nitrogens is 1. The first-order chi connectivity index (χ1) is 18.5. The van der Waals surface area contributed by atoms with Crippen LogP contribution in [0.2, 0.25) is 0 Å². The summed E-state index contributed by atoms with van der Waals surface area (Å²) in [6.45, 7) is 4.30. The van der Waals surface area contributed by atoms with E-state index in [1.807, 2.05) is 31.4 Å². The molecule has 0 radical (unpaired) electrons. The summed E-state index contributed by atoms with van der Waals surface area (Å²) in [6, 6.07) is 3.49. The number of thiophene rings is 1. The Bertz CT molecular complexity index is 1470. The molecule has 2 fully saturated rings. The number of carbonyl (C=O) groups excluding carboxylic acids is 2. The van der Waals surface area contributed by atoms with Crippen LogP contribution >= 0.6 is 45.9 Å². The number of nitrogens with zero attached hydrogens (tertiary/aromatic N) is 3. The SMILES string of the molecule is CC(C)(c1nc(-c2cccs2)c(CC(=O)OC2CCOC2=O)s1)C1C(Cl)CC(n2ncc(=O)[nH]c2=O)CC1Cl. The maximum atomic E-state index is 12.8. The van der Waals surface area contributed by atoms with Crippen LogP contribution in [0.4, 0.5) is 0 Å². The van der Waals surface area contributed by atoms with Crippen LogP contribution in [0.5, 0.6) is 0 Å². The maximum Gasteiger partial charge on any atom is 0.347 e. The van der Waals surface area contributed by atoms with Gasteiger partial charge < -0.3 is 9.47 Å². The summed E-state index contributed by atoms with van der Waals surface area (Å²) in [5.74, 6) is -1.26. The Balaban J connectivity index is 1.40. The van der Waals surface area contributed by atoms with Gasteiger partial charge in [-0.3, -0.25) is 14.6 Å². The first-order valence-electron chi connectivity index (χ1n) is 12.4. The van der Waals surface area contributed by atoms with Crippen molar-refractivity contribution in [2.75, 3.05) is 6.61 Å². The highest BCUT2D eigenvalue weighted by molar-refractivity contribution is 7.15. The summed E-state index contributed by atoms with van der Waals surface area (Å²) in [4.78, 5) is 57.1. The number of cyclic esters (lactones) is 1. The largest absolute Gasteiger partial charge is 0.463 e. The van der Waals surface area contributed by atoms with Crippen molar-refractivity contribution in [1.29, 1.82) is 0 Å².